The first-order chi connectivity index (χ1) is 10.1. The highest BCUT2D eigenvalue weighted by atomic mass is 16.5. The molecule has 2 N–H and O–H groups in total. The molecule has 2 aromatic carbocycles. The van der Waals surface area contributed by atoms with E-state index in [-0.39, 0.29) is 11.8 Å². The van der Waals surface area contributed by atoms with Crippen LogP contribution < -0.4 is 15.4 Å². The Morgan fingerprint density at radius 2 is 1.95 bits per heavy atom. The number of hydrogen-bond acceptors (Lipinski definition) is 3. The Bertz CT molecular complexity index is 698. The van der Waals surface area contributed by atoms with Gasteiger partial charge in [0.1, 0.15) is 5.75 Å². The molecule has 1 atom stereocenters. The standard InChI is InChI=1S/C16H14N2O3/c1-10-15(19)18-13-9-12(7-8-14(13)21-10)17-16(20)11-5-3-2-4-6-11/h2-10H,1H3,(H,17,20)(H,18,19)/t10-/m0/s1. The Morgan fingerprint density at radius 1 is 1.19 bits per heavy atom. The fourth-order valence-corrected chi connectivity index (χ4v) is 2.08. The first kappa shape index (κ1) is 13.2. The number of amides is 2. The highest BCUT2D eigenvalue weighted by Crippen LogP contribution is 2.32. The highest BCUT2D eigenvalue weighted by molar-refractivity contribution is 6.05. The Balaban J connectivity index is 1.80. The predicted octanol–water partition coefficient (Wildman–Crippen LogP) is 2.66. The summed E-state index contributed by atoms with van der Waals surface area (Å²) in [4.78, 5) is 23.7. The van der Waals surface area contributed by atoms with E-state index < -0.39 is 6.10 Å². The van der Waals surface area contributed by atoms with Crippen molar-refractivity contribution in [2.45, 2.75) is 13.0 Å². The summed E-state index contributed by atoms with van der Waals surface area (Å²) in [6, 6.07) is 14.1. The summed E-state index contributed by atoms with van der Waals surface area (Å²) < 4.78 is 5.46. The highest BCUT2D eigenvalue weighted by Gasteiger charge is 2.23. The van der Waals surface area contributed by atoms with Gasteiger partial charge >= 0.3 is 0 Å². The van der Waals surface area contributed by atoms with Gasteiger partial charge in [0.05, 0.1) is 5.69 Å². The average molecular weight is 282 g/mol. The topological polar surface area (TPSA) is 67.4 Å². The van der Waals surface area contributed by atoms with Crippen LogP contribution in [0.2, 0.25) is 0 Å². The van der Waals surface area contributed by atoms with Crippen LogP contribution in [0.5, 0.6) is 5.75 Å². The lowest BCUT2D eigenvalue weighted by atomic mass is 10.2. The van der Waals surface area contributed by atoms with Crippen LogP contribution in [0.15, 0.2) is 48.5 Å². The van der Waals surface area contributed by atoms with Crippen molar-refractivity contribution in [3.05, 3.63) is 54.1 Å². The van der Waals surface area contributed by atoms with Crippen LogP contribution >= 0.6 is 0 Å². The average Bonchev–Trinajstić information content (AvgIpc) is 2.49. The number of benzene rings is 2. The van der Waals surface area contributed by atoms with Crippen molar-refractivity contribution >= 4 is 23.2 Å². The summed E-state index contributed by atoms with van der Waals surface area (Å²) in [6.07, 6.45) is -0.512. The van der Waals surface area contributed by atoms with Crippen molar-refractivity contribution in [3.8, 4) is 5.75 Å². The van der Waals surface area contributed by atoms with Gasteiger partial charge in [-0.25, -0.2) is 0 Å². The van der Waals surface area contributed by atoms with Crippen LogP contribution in [0.1, 0.15) is 17.3 Å². The van der Waals surface area contributed by atoms with Crippen molar-refractivity contribution in [1.29, 1.82) is 0 Å². The maximum atomic E-state index is 12.1. The number of carbonyl (C=O) groups is 2. The van der Waals surface area contributed by atoms with Crippen LogP contribution in [0.3, 0.4) is 0 Å². The number of nitrogens with one attached hydrogen (secondary N) is 2. The molecule has 0 spiro atoms. The van der Waals surface area contributed by atoms with E-state index in [1.54, 1.807) is 49.4 Å². The van der Waals surface area contributed by atoms with Crippen LogP contribution in [0, 0.1) is 0 Å². The molecule has 2 aromatic rings. The second-order valence-corrected chi connectivity index (χ2v) is 4.78. The molecular weight excluding hydrogens is 268 g/mol. The quantitative estimate of drug-likeness (QED) is 0.889. The molecule has 0 bridgehead atoms. The molecule has 0 saturated carbocycles. The van der Waals surface area contributed by atoms with Crippen LogP contribution in [0.25, 0.3) is 0 Å². The largest absolute Gasteiger partial charge is 0.479 e. The third-order valence-electron chi connectivity index (χ3n) is 3.20. The molecule has 0 aliphatic carbocycles. The molecule has 21 heavy (non-hydrogen) atoms. The van der Waals surface area contributed by atoms with Gasteiger partial charge < -0.3 is 15.4 Å². The third kappa shape index (κ3) is 2.72. The van der Waals surface area contributed by atoms with E-state index in [9.17, 15) is 9.59 Å². The fraction of sp³-hybridized carbons (Fsp3) is 0.125. The van der Waals surface area contributed by atoms with E-state index in [0.29, 0.717) is 22.7 Å². The fourth-order valence-electron chi connectivity index (χ4n) is 2.08. The SMILES string of the molecule is C[C@@H]1Oc2ccc(NC(=O)c3ccccc3)cc2NC1=O. The van der Waals surface area contributed by atoms with Crippen molar-refractivity contribution in [3.63, 3.8) is 0 Å². The summed E-state index contributed by atoms with van der Waals surface area (Å²) in [6.45, 7) is 1.68. The summed E-state index contributed by atoms with van der Waals surface area (Å²) in [5.41, 5.74) is 1.73. The zero-order valence-electron chi connectivity index (χ0n) is 11.4. The molecule has 2 amide bonds. The predicted molar refractivity (Wildman–Crippen MR) is 79.6 cm³/mol. The van der Waals surface area contributed by atoms with Crippen molar-refractivity contribution < 1.29 is 14.3 Å². The summed E-state index contributed by atoms with van der Waals surface area (Å²) in [5, 5.41) is 5.54. The van der Waals surface area contributed by atoms with Crippen LogP contribution in [-0.4, -0.2) is 17.9 Å². The number of carbonyl (C=O) groups excluding carboxylic acids is 2. The van der Waals surface area contributed by atoms with Crippen molar-refractivity contribution in [1.82, 2.24) is 0 Å². The Morgan fingerprint density at radius 3 is 2.71 bits per heavy atom. The number of fused-ring (bicyclic) bond motifs is 1. The van der Waals surface area contributed by atoms with Gasteiger partial charge in [0.2, 0.25) is 0 Å². The third-order valence-corrected chi connectivity index (χ3v) is 3.20. The van der Waals surface area contributed by atoms with Gasteiger partial charge in [-0.1, -0.05) is 18.2 Å². The Kier molecular flexibility index (Phi) is 3.31. The molecule has 5 nitrogen and oxygen atoms in total. The normalized spacial score (nSPS) is 16.4. The molecule has 0 fully saturated rings. The molecule has 0 aromatic heterocycles. The number of ether oxygens (including phenoxy) is 1. The molecule has 1 heterocycles. The molecule has 0 unspecified atom stereocenters. The zero-order chi connectivity index (χ0) is 14.8. The summed E-state index contributed by atoms with van der Waals surface area (Å²) in [7, 11) is 0. The molecule has 1 aliphatic heterocycles. The minimum absolute atomic E-state index is 0.200. The molecule has 0 radical (unpaired) electrons. The molecule has 0 saturated heterocycles. The molecule has 106 valence electrons. The number of anilines is 2. The molecular formula is C16H14N2O3. The van der Waals surface area contributed by atoms with Gasteiger partial charge in [-0.2, -0.15) is 0 Å². The maximum absolute atomic E-state index is 12.1. The first-order valence-electron chi connectivity index (χ1n) is 6.61. The lowest BCUT2D eigenvalue weighted by Crippen LogP contribution is -2.34. The lowest BCUT2D eigenvalue weighted by molar-refractivity contribution is -0.122. The zero-order valence-corrected chi connectivity index (χ0v) is 11.4. The van der Waals surface area contributed by atoms with E-state index in [4.69, 9.17) is 4.74 Å². The molecule has 1 aliphatic rings. The van der Waals surface area contributed by atoms with Gasteiger partial charge in [-0.15, -0.1) is 0 Å². The van der Waals surface area contributed by atoms with Gasteiger partial charge in [0.25, 0.3) is 11.8 Å². The van der Waals surface area contributed by atoms with Crippen LogP contribution in [-0.2, 0) is 4.79 Å². The van der Waals surface area contributed by atoms with Gasteiger partial charge in [0, 0.05) is 11.3 Å². The minimum Gasteiger partial charge on any atom is -0.479 e. The first-order valence-corrected chi connectivity index (χ1v) is 6.61. The second kappa shape index (κ2) is 5.28. The van der Waals surface area contributed by atoms with Gasteiger partial charge in [0.15, 0.2) is 6.10 Å². The van der Waals surface area contributed by atoms with E-state index in [2.05, 4.69) is 10.6 Å². The smallest absolute Gasteiger partial charge is 0.265 e. The molecule has 3 rings (SSSR count). The Labute approximate surface area is 121 Å². The number of hydrogen-bond donors (Lipinski definition) is 2. The van der Waals surface area contributed by atoms with Gasteiger partial charge in [-0.3, -0.25) is 9.59 Å². The van der Waals surface area contributed by atoms with Crippen molar-refractivity contribution in [2.24, 2.45) is 0 Å². The van der Waals surface area contributed by atoms with E-state index in [1.165, 1.54) is 0 Å². The Hall–Kier alpha value is -2.82. The lowest BCUT2D eigenvalue weighted by Gasteiger charge is -2.23. The van der Waals surface area contributed by atoms with E-state index in [0.717, 1.165) is 0 Å². The van der Waals surface area contributed by atoms with Gasteiger partial charge in [-0.05, 0) is 37.3 Å². The number of rotatable bonds is 2. The second-order valence-electron chi connectivity index (χ2n) is 4.78. The summed E-state index contributed by atoms with van der Waals surface area (Å²) in [5.74, 6) is 0.195. The monoisotopic (exact) mass is 282 g/mol. The van der Waals surface area contributed by atoms with Crippen LogP contribution in [0.4, 0.5) is 11.4 Å². The van der Waals surface area contributed by atoms with E-state index >= 15 is 0 Å². The van der Waals surface area contributed by atoms with E-state index in [1.807, 2.05) is 6.07 Å². The van der Waals surface area contributed by atoms with Crippen molar-refractivity contribution in [2.75, 3.05) is 10.6 Å². The summed E-state index contributed by atoms with van der Waals surface area (Å²) >= 11 is 0. The maximum Gasteiger partial charge on any atom is 0.265 e. The minimum atomic E-state index is -0.512. The molecule has 5 heteroatoms.